The zero-order chi connectivity index (χ0) is 13.1. The molecule has 18 heavy (non-hydrogen) atoms. The van der Waals surface area contributed by atoms with Gasteiger partial charge in [-0.2, -0.15) is 0 Å². The molecule has 3 N–H and O–H groups in total. The molecule has 1 saturated carbocycles. The molecular weight excluding hydrogens is 228 g/mol. The molecule has 4 heteroatoms. The number of nitrogens with zero attached hydrogens (tertiary/aromatic N) is 1. The van der Waals surface area contributed by atoms with E-state index in [1.54, 1.807) is 11.0 Å². The van der Waals surface area contributed by atoms with E-state index in [0.29, 0.717) is 24.6 Å². The number of hydrogen-bond acceptors (Lipinski definition) is 3. The highest BCUT2D eigenvalue weighted by Gasteiger charge is 2.27. The largest absolute Gasteiger partial charge is 0.506 e. The van der Waals surface area contributed by atoms with E-state index >= 15 is 0 Å². The van der Waals surface area contributed by atoms with Crippen LogP contribution in [0.2, 0.25) is 0 Å². The van der Waals surface area contributed by atoms with Crippen molar-refractivity contribution in [3.8, 4) is 18.1 Å². The summed E-state index contributed by atoms with van der Waals surface area (Å²) < 4.78 is 0. The number of carbonyl (C=O) groups excluding carboxylic acids is 1. The first-order chi connectivity index (χ1) is 8.61. The van der Waals surface area contributed by atoms with Gasteiger partial charge in [-0.15, -0.1) is 6.42 Å². The van der Waals surface area contributed by atoms with E-state index in [-0.39, 0.29) is 17.3 Å². The molecule has 4 nitrogen and oxygen atoms in total. The number of terminal acetylenes is 1. The number of phenolic OH excluding ortho intramolecular Hbond substituents is 1. The normalized spacial score (nSPS) is 13.9. The third-order valence-corrected chi connectivity index (χ3v) is 3.02. The van der Waals surface area contributed by atoms with E-state index in [1.807, 2.05) is 0 Å². The van der Waals surface area contributed by atoms with Gasteiger partial charge in [0.15, 0.2) is 0 Å². The molecule has 94 valence electrons. The first kappa shape index (κ1) is 12.3. The van der Waals surface area contributed by atoms with Crippen molar-refractivity contribution >= 4 is 11.6 Å². The molecule has 1 aliphatic carbocycles. The molecule has 1 fully saturated rings. The van der Waals surface area contributed by atoms with Gasteiger partial charge in [-0.3, -0.25) is 4.79 Å². The Hall–Kier alpha value is -2.15. The number of amides is 1. The zero-order valence-electron chi connectivity index (χ0n) is 10.1. The highest BCUT2D eigenvalue weighted by Crippen LogP contribution is 2.30. The van der Waals surface area contributed by atoms with Gasteiger partial charge in [0.2, 0.25) is 0 Å². The smallest absolute Gasteiger partial charge is 0.254 e. The Morgan fingerprint density at radius 3 is 2.83 bits per heavy atom. The van der Waals surface area contributed by atoms with Crippen LogP contribution in [-0.4, -0.2) is 29.0 Å². The van der Waals surface area contributed by atoms with Crippen molar-refractivity contribution < 1.29 is 9.90 Å². The van der Waals surface area contributed by atoms with Gasteiger partial charge < -0.3 is 15.7 Å². The van der Waals surface area contributed by atoms with Crippen LogP contribution in [0.4, 0.5) is 5.69 Å². The Labute approximate surface area is 106 Å². The summed E-state index contributed by atoms with van der Waals surface area (Å²) in [5.41, 5.74) is 6.18. The maximum Gasteiger partial charge on any atom is 0.254 e. The number of phenols is 1. The molecule has 0 aromatic heterocycles. The van der Waals surface area contributed by atoms with E-state index in [4.69, 9.17) is 12.2 Å². The van der Waals surface area contributed by atoms with Gasteiger partial charge in [0.25, 0.3) is 5.91 Å². The van der Waals surface area contributed by atoms with Crippen molar-refractivity contribution in [1.29, 1.82) is 0 Å². The minimum atomic E-state index is -0.157. The topological polar surface area (TPSA) is 66.6 Å². The zero-order valence-corrected chi connectivity index (χ0v) is 10.1. The van der Waals surface area contributed by atoms with Crippen LogP contribution in [-0.2, 0) is 0 Å². The van der Waals surface area contributed by atoms with Crippen LogP contribution in [0, 0.1) is 18.3 Å². The standard InChI is InChI=1S/C14H16N2O2/c1-2-7-16(9-10-3-4-10)14(18)11-5-6-12(15)13(17)8-11/h1,5-6,8,10,17H,3-4,7,9,15H2. The molecule has 1 aliphatic rings. The molecule has 1 amide bonds. The van der Waals surface area contributed by atoms with E-state index in [1.165, 1.54) is 12.1 Å². The van der Waals surface area contributed by atoms with E-state index < -0.39 is 0 Å². The van der Waals surface area contributed by atoms with Gasteiger partial charge in [0, 0.05) is 12.1 Å². The molecule has 0 spiro atoms. The van der Waals surface area contributed by atoms with E-state index in [2.05, 4.69) is 5.92 Å². The van der Waals surface area contributed by atoms with Gasteiger partial charge in [-0.1, -0.05) is 5.92 Å². The molecule has 2 rings (SSSR count). The first-order valence-corrected chi connectivity index (χ1v) is 5.93. The summed E-state index contributed by atoms with van der Waals surface area (Å²) in [6.45, 7) is 0.981. The third-order valence-electron chi connectivity index (χ3n) is 3.02. The van der Waals surface area contributed by atoms with Crippen LogP contribution < -0.4 is 5.73 Å². The predicted octanol–water partition coefficient (Wildman–Crippen LogP) is 1.46. The number of rotatable bonds is 4. The molecule has 0 saturated heterocycles. The monoisotopic (exact) mass is 244 g/mol. The number of anilines is 1. The predicted molar refractivity (Wildman–Crippen MR) is 70.0 cm³/mol. The van der Waals surface area contributed by atoms with Crippen molar-refractivity contribution in [3.05, 3.63) is 23.8 Å². The van der Waals surface area contributed by atoms with Gasteiger partial charge in [0.1, 0.15) is 5.75 Å². The number of benzene rings is 1. The van der Waals surface area contributed by atoms with Crippen molar-refractivity contribution in [1.82, 2.24) is 4.90 Å². The fourth-order valence-corrected chi connectivity index (χ4v) is 1.80. The second kappa shape index (κ2) is 5.01. The molecule has 0 unspecified atom stereocenters. The summed E-state index contributed by atoms with van der Waals surface area (Å²) in [6, 6.07) is 4.51. The quantitative estimate of drug-likeness (QED) is 0.478. The van der Waals surface area contributed by atoms with Crippen LogP contribution in [0.1, 0.15) is 23.2 Å². The highest BCUT2D eigenvalue weighted by atomic mass is 16.3. The maximum absolute atomic E-state index is 12.2. The lowest BCUT2D eigenvalue weighted by atomic mass is 10.1. The minimum Gasteiger partial charge on any atom is -0.506 e. The molecule has 1 aromatic rings. The summed E-state index contributed by atoms with van der Waals surface area (Å²) >= 11 is 0. The summed E-state index contributed by atoms with van der Waals surface area (Å²) in [6.07, 6.45) is 7.59. The minimum absolute atomic E-state index is 0.0760. The molecule has 0 aliphatic heterocycles. The fraction of sp³-hybridized carbons (Fsp3) is 0.357. The number of aromatic hydroxyl groups is 1. The van der Waals surface area contributed by atoms with E-state index in [0.717, 1.165) is 12.8 Å². The van der Waals surface area contributed by atoms with Crippen LogP contribution in [0.5, 0.6) is 5.75 Å². The van der Waals surface area contributed by atoms with Crippen molar-refractivity contribution in [3.63, 3.8) is 0 Å². The third kappa shape index (κ3) is 2.75. The average Bonchev–Trinajstić information content (AvgIpc) is 3.15. The van der Waals surface area contributed by atoms with Crippen molar-refractivity contribution in [2.45, 2.75) is 12.8 Å². The van der Waals surface area contributed by atoms with Crippen LogP contribution in [0.15, 0.2) is 18.2 Å². The van der Waals surface area contributed by atoms with Crippen molar-refractivity contribution in [2.75, 3.05) is 18.8 Å². The fourth-order valence-electron chi connectivity index (χ4n) is 1.80. The lowest BCUT2D eigenvalue weighted by molar-refractivity contribution is 0.0769. The summed E-state index contributed by atoms with van der Waals surface area (Å²) in [4.78, 5) is 13.9. The molecular formula is C14H16N2O2. The average molecular weight is 244 g/mol. The Kier molecular flexibility index (Phi) is 3.42. The molecule has 0 bridgehead atoms. The summed E-state index contributed by atoms with van der Waals surface area (Å²) in [5, 5.41) is 9.52. The Balaban J connectivity index is 2.15. The van der Waals surface area contributed by atoms with Gasteiger partial charge in [0.05, 0.1) is 12.2 Å². The van der Waals surface area contributed by atoms with Gasteiger partial charge in [-0.05, 0) is 37.0 Å². The SMILES string of the molecule is C#CCN(CC1CC1)C(=O)c1ccc(N)c(O)c1. The summed E-state index contributed by atoms with van der Waals surface area (Å²) in [5.74, 6) is 2.84. The van der Waals surface area contributed by atoms with Gasteiger partial charge in [-0.25, -0.2) is 0 Å². The second-order valence-corrected chi connectivity index (χ2v) is 4.61. The number of hydrogen-bond donors (Lipinski definition) is 2. The number of carbonyl (C=O) groups is 1. The lowest BCUT2D eigenvalue weighted by Crippen LogP contribution is -2.33. The first-order valence-electron chi connectivity index (χ1n) is 5.93. The Bertz CT molecular complexity index is 501. The van der Waals surface area contributed by atoms with Crippen LogP contribution >= 0.6 is 0 Å². The molecule has 0 radical (unpaired) electrons. The second-order valence-electron chi connectivity index (χ2n) is 4.61. The molecule has 1 aromatic carbocycles. The maximum atomic E-state index is 12.2. The number of nitrogens with two attached hydrogens (primary N) is 1. The molecule has 0 atom stereocenters. The number of nitrogen functional groups attached to an aromatic ring is 1. The lowest BCUT2D eigenvalue weighted by Gasteiger charge is -2.20. The summed E-state index contributed by atoms with van der Waals surface area (Å²) in [7, 11) is 0. The van der Waals surface area contributed by atoms with Crippen molar-refractivity contribution in [2.24, 2.45) is 5.92 Å². The highest BCUT2D eigenvalue weighted by molar-refractivity contribution is 5.95. The van der Waals surface area contributed by atoms with Gasteiger partial charge >= 0.3 is 0 Å². The Morgan fingerprint density at radius 2 is 2.28 bits per heavy atom. The van der Waals surface area contributed by atoms with Crippen LogP contribution in [0.3, 0.4) is 0 Å². The van der Waals surface area contributed by atoms with E-state index in [9.17, 15) is 9.90 Å². The Morgan fingerprint density at radius 1 is 1.56 bits per heavy atom. The molecule has 0 heterocycles. The van der Waals surface area contributed by atoms with Crippen LogP contribution in [0.25, 0.3) is 0 Å².